The zero-order valence-corrected chi connectivity index (χ0v) is 8.61. The van der Waals surface area contributed by atoms with Gasteiger partial charge >= 0.3 is 0 Å². The number of hydrogen-bond acceptors (Lipinski definition) is 2. The van der Waals surface area contributed by atoms with E-state index in [0.29, 0.717) is 5.75 Å². The van der Waals surface area contributed by atoms with E-state index in [9.17, 15) is 5.11 Å². The third kappa shape index (κ3) is 1.31. The minimum absolute atomic E-state index is 0.428. The van der Waals surface area contributed by atoms with Gasteiger partial charge in [-0.05, 0) is 47.4 Å². The van der Waals surface area contributed by atoms with Crippen molar-refractivity contribution in [1.82, 2.24) is 0 Å². The maximum absolute atomic E-state index is 9.62. The van der Waals surface area contributed by atoms with Gasteiger partial charge in [0.05, 0.1) is 0 Å². The predicted molar refractivity (Wildman–Crippen MR) is 57.6 cm³/mol. The molecule has 0 saturated carbocycles. The van der Waals surface area contributed by atoms with Crippen LogP contribution in [0.1, 0.15) is 18.1 Å². The zero-order valence-electron chi connectivity index (χ0n) is 7.79. The number of aryl methyl sites for hydroxylation is 2. The smallest absolute Gasteiger partial charge is 0.120 e. The van der Waals surface area contributed by atoms with E-state index in [1.165, 1.54) is 15.6 Å². The Balaban J connectivity index is 2.77. The van der Waals surface area contributed by atoms with Gasteiger partial charge in [0.25, 0.3) is 0 Å². The number of benzene rings is 1. The topological polar surface area (TPSA) is 20.2 Å². The summed E-state index contributed by atoms with van der Waals surface area (Å²) in [4.78, 5) is 0. The van der Waals surface area contributed by atoms with Crippen molar-refractivity contribution < 1.29 is 5.11 Å². The quantitative estimate of drug-likeness (QED) is 0.733. The minimum Gasteiger partial charge on any atom is -0.508 e. The van der Waals surface area contributed by atoms with Crippen molar-refractivity contribution in [1.29, 1.82) is 0 Å². The van der Waals surface area contributed by atoms with E-state index < -0.39 is 0 Å². The molecule has 0 saturated heterocycles. The lowest BCUT2D eigenvalue weighted by molar-refractivity contribution is 0.470. The summed E-state index contributed by atoms with van der Waals surface area (Å²) in [5.74, 6) is 0.428. The molecular weight excluding hydrogens is 180 g/mol. The fraction of sp³-hybridized carbons (Fsp3) is 0.273. The minimum atomic E-state index is 0.428. The van der Waals surface area contributed by atoms with E-state index in [4.69, 9.17) is 0 Å². The molecule has 2 heteroatoms. The van der Waals surface area contributed by atoms with Crippen molar-refractivity contribution in [3.05, 3.63) is 28.6 Å². The second-order valence-electron chi connectivity index (χ2n) is 3.25. The van der Waals surface area contributed by atoms with Crippen LogP contribution in [0.5, 0.6) is 5.75 Å². The highest BCUT2D eigenvalue weighted by molar-refractivity contribution is 7.17. The molecule has 0 aliphatic rings. The number of thiophene rings is 1. The Morgan fingerprint density at radius 1 is 1.38 bits per heavy atom. The molecule has 1 nitrogen and oxygen atoms in total. The number of phenolic OH excluding ortho intramolecular Hbond substituents is 1. The highest BCUT2D eigenvalue weighted by Gasteiger charge is 2.05. The van der Waals surface area contributed by atoms with E-state index in [1.54, 1.807) is 11.3 Å². The number of rotatable bonds is 1. The summed E-state index contributed by atoms with van der Waals surface area (Å²) in [7, 11) is 0. The second-order valence-corrected chi connectivity index (χ2v) is 4.16. The highest BCUT2D eigenvalue weighted by atomic mass is 32.1. The molecule has 2 rings (SSSR count). The summed E-state index contributed by atoms with van der Waals surface area (Å²) >= 11 is 1.69. The fourth-order valence-electron chi connectivity index (χ4n) is 1.52. The first kappa shape index (κ1) is 8.57. The summed E-state index contributed by atoms with van der Waals surface area (Å²) < 4.78 is 1.17. The normalized spacial score (nSPS) is 10.9. The standard InChI is InChI=1S/C11H12OS/c1-3-8-4-9-7(2)6-13-11(9)5-10(8)12/h4-6,12H,3H2,1-2H3. The van der Waals surface area contributed by atoms with Gasteiger partial charge in [0.15, 0.2) is 0 Å². The molecule has 0 aliphatic heterocycles. The van der Waals surface area contributed by atoms with Crippen LogP contribution in [0, 0.1) is 6.92 Å². The van der Waals surface area contributed by atoms with Gasteiger partial charge in [-0.3, -0.25) is 0 Å². The first-order chi connectivity index (χ1) is 6.22. The third-order valence-corrected chi connectivity index (χ3v) is 3.41. The van der Waals surface area contributed by atoms with Crippen LogP contribution >= 0.6 is 11.3 Å². The van der Waals surface area contributed by atoms with Crippen LogP contribution in [0.3, 0.4) is 0 Å². The van der Waals surface area contributed by atoms with Gasteiger partial charge in [0.2, 0.25) is 0 Å². The van der Waals surface area contributed by atoms with E-state index in [2.05, 4.69) is 25.3 Å². The number of aromatic hydroxyl groups is 1. The van der Waals surface area contributed by atoms with Gasteiger partial charge in [-0.25, -0.2) is 0 Å². The van der Waals surface area contributed by atoms with E-state index in [1.807, 2.05) is 6.07 Å². The van der Waals surface area contributed by atoms with Gasteiger partial charge in [-0.2, -0.15) is 0 Å². The van der Waals surface area contributed by atoms with Gasteiger partial charge in [-0.15, -0.1) is 11.3 Å². The number of hydrogen-bond donors (Lipinski definition) is 1. The molecule has 0 radical (unpaired) electrons. The molecule has 0 bridgehead atoms. The van der Waals surface area contributed by atoms with Gasteiger partial charge < -0.3 is 5.11 Å². The summed E-state index contributed by atoms with van der Waals surface area (Å²) in [5.41, 5.74) is 2.34. The van der Waals surface area contributed by atoms with Crippen LogP contribution in [0.4, 0.5) is 0 Å². The first-order valence-corrected chi connectivity index (χ1v) is 5.30. The maximum atomic E-state index is 9.62. The molecule has 0 atom stereocenters. The predicted octanol–water partition coefficient (Wildman–Crippen LogP) is 3.48. The van der Waals surface area contributed by atoms with Crippen molar-refractivity contribution >= 4 is 21.4 Å². The molecule has 0 spiro atoms. The number of phenols is 1. The Bertz CT molecular complexity index is 443. The lowest BCUT2D eigenvalue weighted by atomic mass is 10.1. The molecule has 0 fully saturated rings. The van der Waals surface area contributed by atoms with Crippen molar-refractivity contribution in [2.75, 3.05) is 0 Å². The van der Waals surface area contributed by atoms with Crippen molar-refractivity contribution in [3.8, 4) is 5.75 Å². The monoisotopic (exact) mass is 192 g/mol. The average Bonchev–Trinajstić information content (AvgIpc) is 2.46. The zero-order chi connectivity index (χ0) is 9.42. The van der Waals surface area contributed by atoms with Gasteiger partial charge in [-0.1, -0.05) is 6.92 Å². The molecule has 1 heterocycles. The summed E-state index contributed by atoms with van der Waals surface area (Å²) in [6.07, 6.45) is 0.886. The van der Waals surface area contributed by atoms with E-state index in [0.717, 1.165) is 12.0 Å². The van der Waals surface area contributed by atoms with Crippen LogP contribution in [0.2, 0.25) is 0 Å². The Morgan fingerprint density at radius 2 is 2.15 bits per heavy atom. The maximum Gasteiger partial charge on any atom is 0.120 e. The molecule has 1 aromatic heterocycles. The van der Waals surface area contributed by atoms with Crippen LogP contribution < -0.4 is 0 Å². The van der Waals surface area contributed by atoms with Crippen molar-refractivity contribution in [2.24, 2.45) is 0 Å². The molecular formula is C11H12OS. The van der Waals surface area contributed by atoms with Crippen molar-refractivity contribution in [3.63, 3.8) is 0 Å². The van der Waals surface area contributed by atoms with E-state index >= 15 is 0 Å². The van der Waals surface area contributed by atoms with Crippen LogP contribution in [0.15, 0.2) is 17.5 Å². The lowest BCUT2D eigenvalue weighted by Crippen LogP contribution is -1.81. The van der Waals surface area contributed by atoms with Gasteiger partial charge in [0.1, 0.15) is 5.75 Å². The summed E-state index contributed by atoms with van der Waals surface area (Å²) in [6, 6.07) is 3.96. The molecule has 0 unspecified atom stereocenters. The Hall–Kier alpha value is -1.02. The summed E-state index contributed by atoms with van der Waals surface area (Å²) in [5, 5.41) is 13.0. The Morgan fingerprint density at radius 3 is 2.85 bits per heavy atom. The first-order valence-electron chi connectivity index (χ1n) is 4.42. The molecule has 1 N–H and O–H groups in total. The van der Waals surface area contributed by atoms with Crippen LogP contribution in [0.25, 0.3) is 10.1 Å². The molecule has 0 amide bonds. The lowest BCUT2D eigenvalue weighted by Gasteiger charge is -2.01. The van der Waals surface area contributed by atoms with Crippen LogP contribution in [-0.4, -0.2) is 5.11 Å². The van der Waals surface area contributed by atoms with Crippen LogP contribution in [-0.2, 0) is 6.42 Å². The molecule has 13 heavy (non-hydrogen) atoms. The Labute approximate surface area is 81.6 Å². The third-order valence-electron chi connectivity index (χ3n) is 2.35. The molecule has 68 valence electrons. The molecule has 1 aromatic carbocycles. The largest absolute Gasteiger partial charge is 0.508 e. The highest BCUT2D eigenvalue weighted by Crippen LogP contribution is 2.31. The fourth-order valence-corrected chi connectivity index (χ4v) is 2.48. The average molecular weight is 192 g/mol. The van der Waals surface area contributed by atoms with Crippen molar-refractivity contribution in [2.45, 2.75) is 20.3 Å². The second kappa shape index (κ2) is 3.04. The SMILES string of the molecule is CCc1cc2c(C)csc2cc1O. The molecule has 0 aliphatic carbocycles. The molecule has 2 aromatic rings. The Kier molecular flexibility index (Phi) is 2.00. The summed E-state index contributed by atoms with van der Waals surface area (Å²) in [6.45, 7) is 4.16. The van der Waals surface area contributed by atoms with E-state index in [-0.39, 0.29) is 0 Å². The number of fused-ring (bicyclic) bond motifs is 1. The van der Waals surface area contributed by atoms with Gasteiger partial charge in [0, 0.05) is 4.70 Å².